The molecule has 1 aromatic heterocycles. The summed E-state index contributed by atoms with van der Waals surface area (Å²) in [6.45, 7) is 5.01. The Morgan fingerprint density at radius 1 is 1.11 bits per heavy atom. The molecular weight excluding hydrogens is 346 g/mol. The summed E-state index contributed by atoms with van der Waals surface area (Å²) in [5.41, 5.74) is 1.40. The van der Waals surface area contributed by atoms with Gasteiger partial charge in [0.05, 0.1) is 19.8 Å². The standard InChI is InChI=1S/C20H25N3O4/c1-13-12-18(22-14(2)21-13)27-15-8-10-23(11-9-15)20(24)16-6-5-7-17(25-3)19(16)26-4/h5-7,12,15H,8-11H2,1-4H3. The molecule has 1 aliphatic rings. The molecule has 0 spiro atoms. The minimum Gasteiger partial charge on any atom is -0.493 e. The number of aromatic nitrogens is 2. The highest BCUT2D eigenvalue weighted by molar-refractivity contribution is 5.97. The van der Waals surface area contributed by atoms with Crippen molar-refractivity contribution in [3.8, 4) is 17.4 Å². The highest BCUT2D eigenvalue weighted by Gasteiger charge is 2.27. The number of ether oxygens (including phenoxy) is 3. The lowest BCUT2D eigenvalue weighted by Gasteiger charge is -2.32. The Hall–Kier alpha value is -2.83. The van der Waals surface area contributed by atoms with Crippen molar-refractivity contribution in [2.75, 3.05) is 27.3 Å². The molecule has 144 valence electrons. The molecule has 3 rings (SSSR count). The van der Waals surface area contributed by atoms with Crippen LogP contribution in [0, 0.1) is 13.8 Å². The Kier molecular flexibility index (Phi) is 5.78. The molecule has 0 saturated carbocycles. The third-order valence-electron chi connectivity index (χ3n) is 4.59. The first-order chi connectivity index (χ1) is 13.0. The van der Waals surface area contributed by atoms with Crippen molar-refractivity contribution in [1.82, 2.24) is 14.9 Å². The highest BCUT2D eigenvalue weighted by Crippen LogP contribution is 2.32. The summed E-state index contributed by atoms with van der Waals surface area (Å²) in [6.07, 6.45) is 1.54. The largest absolute Gasteiger partial charge is 0.493 e. The van der Waals surface area contributed by atoms with E-state index in [9.17, 15) is 4.79 Å². The van der Waals surface area contributed by atoms with Gasteiger partial charge in [-0.25, -0.2) is 4.98 Å². The van der Waals surface area contributed by atoms with Gasteiger partial charge in [-0.1, -0.05) is 6.07 Å². The molecule has 27 heavy (non-hydrogen) atoms. The molecule has 0 aliphatic carbocycles. The van der Waals surface area contributed by atoms with E-state index in [0.717, 1.165) is 18.5 Å². The molecule has 0 unspecified atom stereocenters. The second kappa shape index (κ2) is 8.24. The molecule has 1 saturated heterocycles. The third kappa shape index (κ3) is 4.30. The number of hydrogen-bond acceptors (Lipinski definition) is 6. The number of amides is 1. The minimum absolute atomic E-state index is 0.0370. The maximum absolute atomic E-state index is 12.9. The van der Waals surface area contributed by atoms with Crippen molar-refractivity contribution in [2.45, 2.75) is 32.8 Å². The Morgan fingerprint density at radius 3 is 2.48 bits per heavy atom. The third-order valence-corrected chi connectivity index (χ3v) is 4.59. The van der Waals surface area contributed by atoms with Crippen LogP contribution in [0.4, 0.5) is 0 Å². The molecule has 7 heteroatoms. The van der Waals surface area contributed by atoms with Crippen LogP contribution < -0.4 is 14.2 Å². The van der Waals surface area contributed by atoms with Gasteiger partial charge < -0.3 is 19.1 Å². The Bertz CT molecular complexity index is 797. The number of carbonyl (C=O) groups is 1. The smallest absolute Gasteiger partial charge is 0.257 e. The van der Waals surface area contributed by atoms with Crippen molar-refractivity contribution in [1.29, 1.82) is 0 Å². The van der Waals surface area contributed by atoms with Gasteiger partial charge in [-0.2, -0.15) is 4.98 Å². The van der Waals surface area contributed by atoms with Crippen LogP contribution in [0.3, 0.4) is 0 Å². The van der Waals surface area contributed by atoms with Gasteiger partial charge in [0.2, 0.25) is 5.88 Å². The van der Waals surface area contributed by atoms with E-state index in [-0.39, 0.29) is 12.0 Å². The highest BCUT2D eigenvalue weighted by atomic mass is 16.5. The van der Waals surface area contributed by atoms with Crippen LogP contribution in [0.5, 0.6) is 17.4 Å². The van der Waals surface area contributed by atoms with E-state index in [1.165, 1.54) is 0 Å². The van der Waals surface area contributed by atoms with Gasteiger partial charge in [-0.3, -0.25) is 4.79 Å². The number of hydrogen-bond donors (Lipinski definition) is 0. The van der Waals surface area contributed by atoms with Gasteiger partial charge >= 0.3 is 0 Å². The molecule has 0 N–H and O–H groups in total. The molecule has 2 heterocycles. The fraction of sp³-hybridized carbons (Fsp3) is 0.450. The second-order valence-electron chi connectivity index (χ2n) is 6.55. The molecule has 7 nitrogen and oxygen atoms in total. The summed E-state index contributed by atoms with van der Waals surface area (Å²) in [7, 11) is 3.10. The maximum Gasteiger partial charge on any atom is 0.257 e. The zero-order valence-corrected chi connectivity index (χ0v) is 16.2. The van der Waals surface area contributed by atoms with E-state index < -0.39 is 0 Å². The van der Waals surface area contributed by atoms with Crippen molar-refractivity contribution in [2.24, 2.45) is 0 Å². The Morgan fingerprint density at radius 2 is 1.85 bits per heavy atom. The Labute approximate surface area is 159 Å². The van der Waals surface area contributed by atoms with Crippen molar-refractivity contribution in [3.05, 3.63) is 41.3 Å². The number of aryl methyl sites for hydroxylation is 2. The van der Waals surface area contributed by atoms with E-state index in [4.69, 9.17) is 14.2 Å². The van der Waals surface area contributed by atoms with Crippen molar-refractivity contribution in [3.63, 3.8) is 0 Å². The summed E-state index contributed by atoms with van der Waals surface area (Å²) in [5.74, 6) is 2.26. The molecule has 1 amide bonds. The van der Waals surface area contributed by atoms with Gasteiger partial charge in [0, 0.05) is 37.7 Å². The number of nitrogens with zero attached hydrogens (tertiary/aromatic N) is 3. The van der Waals surface area contributed by atoms with Crippen LogP contribution in [-0.4, -0.2) is 54.2 Å². The molecule has 0 radical (unpaired) electrons. The first kappa shape index (κ1) is 18.9. The van der Waals surface area contributed by atoms with Crippen LogP contribution in [0.15, 0.2) is 24.3 Å². The molecule has 1 aliphatic heterocycles. The molecule has 2 aromatic rings. The first-order valence-corrected chi connectivity index (χ1v) is 9.01. The molecule has 0 bridgehead atoms. The Balaban J connectivity index is 1.64. The fourth-order valence-corrected chi connectivity index (χ4v) is 3.32. The van der Waals surface area contributed by atoms with Crippen LogP contribution in [0.2, 0.25) is 0 Å². The zero-order valence-electron chi connectivity index (χ0n) is 16.2. The molecule has 1 aromatic carbocycles. The van der Waals surface area contributed by atoms with Gasteiger partial charge in [0.1, 0.15) is 11.9 Å². The number of methoxy groups -OCH3 is 2. The monoisotopic (exact) mass is 371 g/mol. The predicted octanol–water partition coefficient (Wildman–Crippen LogP) is 2.79. The maximum atomic E-state index is 12.9. The number of carbonyl (C=O) groups excluding carboxylic acids is 1. The first-order valence-electron chi connectivity index (χ1n) is 9.01. The predicted molar refractivity (Wildman–Crippen MR) is 101 cm³/mol. The number of likely N-dealkylation sites (tertiary alicyclic amines) is 1. The average Bonchev–Trinajstić information content (AvgIpc) is 2.66. The van der Waals surface area contributed by atoms with Gasteiger partial charge in [-0.05, 0) is 26.0 Å². The lowest BCUT2D eigenvalue weighted by molar-refractivity contribution is 0.0584. The summed E-state index contributed by atoms with van der Waals surface area (Å²) in [4.78, 5) is 23.3. The SMILES string of the molecule is COc1cccc(C(=O)N2CCC(Oc3cc(C)nc(C)n3)CC2)c1OC. The molecular formula is C20H25N3O4. The van der Waals surface area contributed by atoms with E-state index in [0.29, 0.717) is 41.9 Å². The van der Waals surface area contributed by atoms with E-state index in [1.54, 1.807) is 32.4 Å². The number of para-hydroxylation sites is 1. The van der Waals surface area contributed by atoms with Gasteiger partial charge in [0.15, 0.2) is 11.5 Å². The average molecular weight is 371 g/mol. The summed E-state index contributed by atoms with van der Waals surface area (Å²) < 4.78 is 16.7. The van der Waals surface area contributed by atoms with Crippen LogP contribution >= 0.6 is 0 Å². The summed E-state index contributed by atoms with van der Waals surface area (Å²) in [5, 5.41) is 0. The fourth-order valence-electron chi connectivity index (χ4n) is 3.32. The van der Waals surface area contributed by atoms with Crippen molar-refractivity contribution < 1.29 is 19.0 Å². The zero-order chi connectivity index (χ0) is 19.4. The molecule has 0 atom stereocenters. The number of benzene rings is 1. The topological polar surface area (TPSA) is 73.8 Å². The van der Waals surface area contributed by atoms with Crippen LogP contribution in [0.1, 0.15) is 34.7 Å². The second-order valence-corrected chi connectivity index (χ2v) is 6.55. The van der Waals surface area contributed by atoms with Crippen molar-refractivity contribution >= 4 is 5.91 Å². The summed E-state index contributed by atoms with van der Waals surface area (Å²) >= 11 is 0. The van der Waals surface area contributed by atoms with E-state index in [1.807, 2.05) is 24.8 Å². The minimum atomic E-state index is -0.0575. The van der Waals surface area contributed by atoms with Crippen LogP contribution in [0.25, 0.3) is 0 Å². The molecule has 1 fully saturated rings. The lowest BCUT2D eigenvalue weighted by Crippen LogP contribution is -2.42. The number of rotatable bonds is 5. The lowest BCUT2D eigenvalue weighted by atomic mass is 10.1. The van der Waals surface area contributed by atoms with Gasteiger partial charge in [-0.15, -0.1) is 0 Å². The van der Waals surface area contributed by atoms with Gasteiger partial charge in [0.25, 0.3) is 5.91 Å². The van der Waals surface area contributed by atoms with E-state index in [2.05, 4.69) is 9.97 Å². The quantitative estimate of drug-likeness (QED) is 0.805. The van der Waals surface area contributed by atoms with Crippen LogP contribution in [-0.2, 0) is 0 Å². The van der Waals surface area contributed by atoms with E-state index >= 15 is 0 Å². The normalized spacial score (nSPS) is 14.7. The number of piperidine rings is 1. The summed E-state index contributed by atoms with van der Waals surface area (Å²) in [6, 6.07) is 7.18.